The van der Waals surface area contributed by atoms with Crippen LogP contribution < -0.4 is 4.74 Å². The van der Waals surface area contributed by atoms with Gasteiger partial charge in [0.15, 0.2) is 0 Å². The van der Waals surface area contributed by atoms with E-state index in [1.54, 1.807) is 13.1 Å². The lowest BCUT2D eigenvalue weighted by atomic mass is 10.1. The molecule has 1 fully saturated rings. The van der Waals surface area contributed by atoms with Gasteiger partial charge in [-0.15, -0.1) is 0 Å². The van der Waals surface area contributed by atoms with E-state index in [9.17, 15) is 4.79 Å². The number of hydrogen-bond acceptors (Lipinski definition) is 3. The first kappa shape index (κ1) is 11.9. The van der Waals surface area contributed by atoms with Gasteiger partial charge in [0, 0.05) is 39.1 Å². The van der Waals surface area contributed by atoms with Crippen LogP contribution in [0.15, 0.2) is 18.5 Å². The number of ether oxygens (including phenoxy) is 1. The van der Waals surface area contributed by atoms with Crippen molar-refractivity contribution in [2.75, 3.05) is 13.1 Å². The van der Waals surface area contributed by atoms with Gasteiger partial charge < -0.3 is 9.64 Å². The average Bonchev–Trinajstić information content (AvgIpc) is 2.29. The molecule has 0 radical (unpaired) electrons. The molecule has 4 heteroatoms. The lowest BCUT2D eigenvalue weighted by molar-refractivity contribution is -0.130. The number of rotatable bonds is 2. The molecule has 0 bridgehead atoms. The largest absolute Gasteiger partial charge is 0.489 e. The van der Waals surface area contributed by atoms with Crippen molar-refractivity contribution in [1.29, 1.82) is 0 Å². The molecule has 1 aromatic rings. The maximum absolute atomic E-state index is 11.2. The number of hydrogen-bond donors (Lipinski definition) is 0. The third-order valence-electron chi connectivity index (χ3n) is 3.04. The lowest BCUT2D eigenvalue weighted by Gasteiger charge is -2.31. The zero-order valence-electron chi connectivity index (χ0n) is 10.3. The molecule has 1 amide bonds. The second-order valence-electron chi connectivity index (χ2n) is 4.52. The van der Waals surface area contributed by atoms with Crippen LogP contribution in [-0.2, 0) is 4.79 Å². The zero-order valence-corrected chi connectivity index (χ0v) is 10.3. The van der Waals surface area contributed by atoms with E-state index in [0.29, 0.717) is 0 Å². The summed E-state index contributed by atoms with van der Waals surface area (Å²) in [6.07, 6.45) is 5.55. The predicted octanol–water partition coefficient (Wildman–Crippen LogP) is 1.78. The normalized spacial score (nSPS) is 16.9. The highest BCUT2D eigenvalue weighted by Gasteiger charge is 2.21. The molecule has 4 nitrogen and oxygen atoms in total. The summed E-state index contributed by atoms with van der Waals surface area (Å²) >= 11 is 0. The molecule has 0 spiro atoms. The minimum Gasteiger partial charge on any atom is -0.489 e. The van der Waals surface area contributed by atoms with Crippen molar-refractivity contribution in [2.24, 2.45) is 0 Å². The van der Waals surface area contributed by atoms with Crippen LogP contribution in [0.1, 0.15) is 25.3 Å². The Kier molecular flexibility index (Phi) is 3.61. The van der Waals surface area contributed by atoms with Crippen LogP contribution >= 0.6 is 0 Å². The SMILES string of the molecule is CC(=O)N1CCC(Oc2cncc(C)c2)CC1. The number of nitrogens with zero attached hydrogens (tertiary/aromatic N) is 2. The molecule has 17 heavy (non-hydrogen) atoms. The Balaban J connectivity index is 1.88. The Bertz CT molecular complexity index is 398. The van der Waals surface area contributed by atoms with E-state index in [1.807, 2.05) is 24.1 Å². The van der Waals surface area contributed by atoms with Gasteiger partial charge in [-0.2, -0.15) is 0 Å². The molecule has 0 unspecified atom stereocenters. The van der Waals surface area contributed by atoms with Crippen molar-refractivity contribution in [3.8, 4) is 5.75 Å². The summed E-state index contributed by atoms with van der Waals surface area (Å²) in [7, 11) is 0. The summed E-state index contributed by atoms with van der Waals surface area (Å²) in [6, 6.07) is 1.99. The number of aromatic nitrogens is 1. The molecule has 1 saturated heterocycles. The van der Waals surface area contributed by atoms with Crippen LogP contribution in [-0.4, -0.2) is 35.0 Å². The van der Waals surface area contributed by atoms with Crippen molar-refractivity contribution in [2.45, 2.75) is 32.8 Å². The molecule has 0 atom stereocenters. The van der Waals surface area contributed by atoms with Gasteiger partial charge in [0.2, 0.25) is 5.91 Å². The van der Waals surface area contributed by atoms with Crippen molar-refractivity contribution in [1.82, 2.24) is 9.88 Å². The van der Waals surface area contributed by atoms with Crippen LogP contribution in [0, 0.1) is 6.92 Å². The van der Waals surface area contributed by atoms with E-state index >= 15 is 0 Å². The summed E-state index contributed by atoms with van der Waals surface area (Å²) in [5, 5.41) is 0. The topological polar surface area (TPSA) is 42.4 Å². The van der Waals surface area contributed by atoms with Crippen LogP contribution in [0.2, 0.25) is 0 Å². The second kappa shape index (κ2) is 5.17. The molecular weight excluding hydrogens is 216 g/mol. The molecule has 2 heterocycles. The van der Waals surface area contributed by atoms with E-state index in [2.05, 4.69) is 4.98 Å². The van der Waals surface area contributed by atoms with Crippen LogP contribution in [0.25, 0.3) is 0 Å². The first-order chi connectivity index (χ1) is 8.15. The number of pyridine rings is 1. The van der Waals surface area contributed by atoms with Crippen LogP contribution in [0.3, 0.4) is 0 Å². The van der Waals surface area contributed by atoms with Crippen LogP contribution in [0.4, 0.5) is 0 Å². The molecule has 0 aliphatic carbocycles. The van der Waals surface area contributed by atoms with Gasteiger partial charge in [0.05, 0.1) is 6.20 Å². The monoisotopic (exact) mass is 234 g/mol. The van der Waals surface area contributed by atoms with Gasteiger partial charge >= 0.3 is 0 Å². The zero-order chi connectivity index (χ0) is 12.3. The molecule has 92 valence electrons. The van der Waals surface area contributed by atoms with Crippen molar-refractivity contribution in [3.63, 3.8) is 0 Å². The molecule has 1 aliphatic rings. The number of aryl methyl sites for hydroxylation is 1. The van der Waals surface area contributed by atoms with Crippen molar-refractivity contribution in [3.05, 3.63) is 24.0 Å². The summed E-state index contributed by atoms with van der Waals surface area (Å²) in [5.41, 5.74) is 1.10. The summed E-state index contributed by atoms with van der Waals surface area (Å²) in [4.78, 5) is 17.2. The van der Waals surface area contributed by atoms with Crippen molar-refractivity contribution >= 4 is 5.91 Å². The van der Waals surface area contributed by atoms with Gasteiger partial charge in [0.1, 0.15) is 11.9 Å². The highest BCUT2D eigenvalue weighted by molar-refractivity contribution is 5.73. The third-order valence-corrected chi connectivity index (χ3v) is 3.04. The Morgan fingerprint density at radius 2 is 2.12 bits per heavy atom. The fourth-order valence-corrected chi connectivity index (χ4v) is 2.07. The van der Waals surface area contributed by atoms with E-state index in [4.69, 9.17) is 4.74 Å². The quantitative estimate of drug-likeness (QED) is 0.783. The number of likely N-dealkylation sites (tertiary alicyclic amines) is 1. The van der Waals surface area contributed by atoms with Gasteiger partial charge in [-0.3, -0.25) is 9.78 Å². The molecule has 0 saturated carbocycles. The Morgan fingerprint density at radius 1 is 1.41 bits per heavy atom. The fourth-order valence-electron chi connectivity index (χ4n) is 2.07. The Labute approximate surface area is 102 Å². The first-order valence-electron chi connectivity index (χ1n) is 5.99. The Hall–Kier alpha value is -1.58. The maximum atomic E-state index is 11.2. The maximum Gasteiger partial charge on any atom is 0.219 e. The highest BCUT2D eigenvalue weighted by Crippen LogP contribution is 2.18. The van der Waals surface area contributed by atoms with Gasteiger partial charge in [0.25, 0.3) is 0 Å². The average molecular weight is 234 g/mol. The molecule has 2 rings (SSSR count). The molecule has 0 aromatic carbocycles. The molecular formula is C13H18N2O2. The van der Waals surface area contributed by atoms with E-state index in [0.717, 1.165) is 37.2 Å². The minimum absolute atomic E-state index is 0.153. The number of amides is 1. The second-order valence-corrected chi connectivity index (χ2v) is 4.52. The standard InChI is InChI=1S/C13H18N2O2/c1-10-7-13(9-14-8-10)17-12-3-5-15(6-4-12)11(2)16/h7-9,12H,3-6H2,1-2H3. The minimum atomic E-state index is 0.153. The van der Waals surface area contributed by atoms with Gasteiger partial charge in [-0.05, 0) is 18.6 Å². The lowest BCUT2D eigenvalue weighted by Crippen LogP contribution is -2.40. The van der Waals surface area contributed by atoms with Crippen LogP contribution in [0.5, 0.6) is 5.75 Å². The van der Waals surface area contributed by atoms with Crippen molar-refractivity contribution < 1.29 is 9.53 Å². The van der Waals surface area contributed by atoms with E-state index < -0.39 is 0 Å². The Morgan fingerprint density at radius 3 is 2.71 bits per heavy atom. The van der Waals surface area contributed by atoms with E-state index in [1.165, 1.54) is 0 Å². The smallest absolute Gasteiger partial charge is 0.219 e. The van der Waals surface area contributed by atoms with E-state index in [-0.39, 0.29) is 12.0 Å². The number of carbonyl (C=O) groups excluding carboxylic acids is 1. The first-order valence-corrected chi connectivity index (χ1v) is 5.99. The van der Waals surface area contributed by atoms with Gasteiger partial charge in [-0.1, -0.05) is 0 Å². The summed E-state index contributed by atoms with van der Waals surface area (Å²) < 4.78 is 5.86. The predicted molar refractivity (Wildman–Crippen MR) is 64.9 cm³/mol. The summed E-state index contributed by atoms with van der Waals surface area (Å²) in [5.74, 6) is 0.979. The highest BCUT2D eigenvalue weighted by atomic mass is 16.5. The summed E-state index contributed by atoms with van der Waals surface area (Å²) in [6.45, 7) is 5.20. The number of piperidine rings is 1. The third kappa shape index (κ3) is 3.19. The molecule has 0 N–H and O–H groups in total. The van der Waals surface area contributed by atoms with Gasteiger partial charge in [-0.25, -0.2) is 0 Å². The molecule has 1 aliphatic heterocycles. The molecule has 1 aromatic heterocycles. The fraction of sp³-hybridized carbons (Fsp3) is 0.538. The number of carbonyl (C=O) groups is 1.